The zero-order valence-corrected chi connectivity index (χ0v) is 13.1. The third-order valence-electron chi connectivity index (χ3n) is 2.19. The molecule has 0 aliphatic heterocycles. The molecule has 1 amide bonds. The molecule has 1 rings (SSSR count). The standard InChI is InChI=1S/C12H16INO5/c1-14-12(15)8-4-5-9(18-6-16-2)11(10(8)13)19-7-17-3/h4-5H,6-7H2,1-3H3,(H,14,15). The molecule has 0 saturated carbocycles. The van der Waals surface area contributed by atoms with Gasteiger partial charge in [-0.3, -0.25) is 4.79 Å². The lowest BCUT2D eigenvalue weighted by atomic mass is 10.2. The summed E-state index contributed by atoms with van der Waals surface area (Å²) in [5.74, 6) is 0.765. The monoisotopic (exact) mass is 381 g/mol. The summed E-state index contributed by atoms with van der Waals surface area (Å²) in [5, 5.41) is 2.57. The predicted molar refractivity (Wildman–Crippen MR) is 77.6 cm³/mol. The zero-order valence-electron chi connectivity index (χ0n) is 11.0. The highest BCUT2D eigenvalue weighted by molar-refractivity contribution is 14.1. The van der Waals surface area contributed by atoms with Crippen LogP contribution in [0.25, 0.3) is 0 Å². The van der Waals surface area contributed by atoms with Crippen LogP contribution in [0.4, 0.5) is 0 Å². The van der Waals surface area contributed by atoms with E-state index in [1.807, 2.05) is 22.6 Å². The number of carbonyl (C=O) groups excluding carboxylic acids is 1. The number of rotatable bonds is 7. The van der Waals surface area contributed by atoms with Gasteiger partial charge in [-0.05, 0) is 34.7 Å². The Bertz CT molecular complexity index is 438. The molecule has 1 N–H and O–H groups in total. The molecular formula is C12H16INO5. The summed E-state index contributed by atoms with van der Waals surface area (Å²) in [6.07, 6.45) is 0. The molecule has 1 aromatic rings. The molecule has 106 valence electrons. The van der Waals surface area contributed by atoms with E-state index in [1.165, 1.54) is 14.2 Å². The van der Waals surface area contributed by atoms with Crippen LogP contribution in [-0.2, 0) is 9.47 Å². The van der Waals surface area contributed by atoms with E-state index in [2.05, 4.69) is 5.32 Å². The van der Waals surface area contributed by atoms with Crippen LogP contribution in [0.2, 0.25) is 0 Å². The topological polar surface area (TPSA) is 66.0 Å². The van der Waals surface area contributed by atoms with Crippen molar-refractivity contribution in [2.24, 2.45) is 0 Å². The van der Waals surface area contributed by atoms with E-state index in [0.29, 0.717) is 20.6 Å². The zero-order chi connectivity index (χ0) is 14.3. The summed E-state index contributed by atoms with van der Waals surface area (Å²) in [6, 6.07) is 3.34. The molecule has 6 nitrogen and oxygen atoms in total. The van der Waals surface area contributed by atoms with E-state index >= 15 is 0 Å². The van der Waals surface area contributed by atoms with Crippen LogP contribution in [0.15, 0.2) is 12.1 Å². The number of halogens is 1. The van der Waals surface area contributed by atoms with Crippen molar-refractivity contribution < 1.29 is 23.7 Å². The third kappa shape index (κ3) is 4.22. The highest BCUT2D eigenvalue weighted by Gasteiger charge is 2.18. The summed E-state index contributed by atoms with van der Waals surface area (Å²) >= 11 is 2.03. The van der Waals surface area contributed by atoms with E-state index in [1.54, 1.807) is 19.2 Å². The fraction of sp³-hybridized carbons (Fsp3) is 0.417. The van der Waals surface area contributed by atoms with Crippen LogP contribution in [0.1, 0.15) is 10.4 Å². The first kappa shape index (κ1) is 16.0. The molecule has 0 aromatic heterocycles. The molecule has 0 bridgehead atoms. The number of benzene rings is 1. The Morgan fingerprint density at radius 2 is 1.84 bits per heavy atom. The van der Waals surface area contributed by atoms with E-state index in [-0.39, 0.29) is 19.5 Å². The summed E-state index contributed by atoms with van der Waals surface area (Å²) in [6.45, 7) is 0.162. The van der Waals surface area contributed by atoms with Crippen LogP contribution in [-0.4, -0.2) is 40.8 Å². The second-order valence-electron chi connectivity index (χ2n) is 3.44. The van der Waals surface area contributed by atoms with Crippen molar-refractivity contribution in [3.05, 3.63) is 21.3 Å². The number of hydrogen-bond donors (Lipinski definition) is 1. The maximum Gasteiger partial charge on any atom is 0.252 e. The quantitative estimate of drug-likeness (QED) is 0.575. The maximum absolute atomic E-state index is 11.7. The number of nitrogens with one attached hydrogen (secondary N) is 1. The molecule has 0 spiro atoms. The number of ether oxygens (including phenoxy) is 4. The van der Waals surface area contributed by atoms with Gasteiger partial charge in [-0.1, -0.05) is 0 Å². The molecule has 19 heavy (non-hydrogen) atoms. The third-order valence-corrected chi connectivity index (χ3v) is 3.26. The number of carbonyl (C=O) groups is 1. The molecule has 1 aromatic carbocycles. The van der Waals surface area contributed by atoms with Crippen LogP contribution in [0.5, 0.6) is 11.5 Å². The largest absolute Gasteiger partial charge is 0.464 e. The Hall–Kier alpha value is -1.06. The van der Waals surface area contributed by atoms with Crippen molar-refractivity contribution in [1.29, 1.82) is 0 Å². The van der Waals surface area contributed by atoms with Gasteiger partial charge in [-0.25, -0.2) is 0 Å². The molecule has 0 fully saturated rings. The predicted octanol–water partition coefficient (Wildman–Crippen LogP) is 1.62. The maximum atomic E-state index is 11.7. The molecule has 0 atom stereocenters. The first-order valence-corrected chi connectivity index (χ1v) is 6.51. The van der Waals surface area contributed by atoms with Gasteiger partial charge < -0.3 is 24.3 Å². The Morgan fingerprint density at radius 3 is 2.42 bits per heavy atom. The number of hydrogen-bond acceptors (Lipinski definition) is 5. The first-order chi connectivity index (χ1) is 9.15. The van der Waals surface area contributed by atoms with Gasteiger partial charge in [-0.2, -0.15) is 0 Å². The molecule has 0 radical (unpaired) electrons. The Balaban J connectivity index is 3.11. The summed E-state index contributed by atoms with van der Waals surface area (Å²) in [7, 11) is 4.62. The van der Waals surface area contributed by atoms with Gasteiger partial charge in [0.25, 0.3) is 5.91 Å². The fourth-order valence-corrected chi connectivity index (χ4v) is 2.18. The second-order valence-corrected chi connectivity index (χ2v) is 4.51. The van der Waals surface area contributed by atoms with Gasteiger partial charge in [0.05, 0.1) is 9.13 Å². The van der Waals surface area contributed by atoms with Gasteiger partial charge >= 0.3 is 0 Å². The second kappa shape index (κ2) is 8.18. The fourth-order valence-electron chi connectivity index (χ4n) is 1.34. The Labute approximate surface area is 125 Å². The van der Waals surface area contributed by atoms with Crippen LogP contribution >= 0.6 is 22.6 Å². The van der Waals surface area contributed by atoms with Crippen molar-refractivity contribution in [3.63, 3.8) is 0 Å². The minimum absolute atomic E-state index is 0.0660. The van der Waals surface area contributed by atoms with E-state index in [0.717, 1.165) is 0 Å². The SMILES string of the molecule is CNC(=O)c1ccc(OCOC)c(OCOC)c1I. The van der Waals surface area contributed by atoms with Gasteiger partial charge in [0.1, 0.15) is 0 Å². The minimum atomic E-state index is -0.190. The lowest BCUT2D eigenvalue weighted by Crippen LogP contribution is -2.19. The van der Waals surface area contributed by atoms with Gasteiger partial charge in [0, 0.05) is 21.3 Å². The number of methoxy groups -OCH3 is 2. The van der Waals surface area contributed by atoms with Crippen molar-refractivity contribution in [3.8, 4) is 11.5 Å². The average molecular weight is 381 g/mol. The molecule has 0 unspecified atom stereocenters. The van der Waals surface area contributed by atoms with Crippen molar-refractivity contribution in [1.82, 2.24) is 5.32 Å². The van der Waals surface area contributed by atoms with Crippen molar-refractivity contribution in [2.75, 3.05) is 34.9 Å². The van der Waals surface area contributed by atoms with E-state index in [4.69, 9.17) is 18.9 Å². The summed E-state index contributed by atoms with van der Waals surface area (Å²) in [4.78, 5) is 11.7. The van der Waals surface area contributed by atoms with Crippen LogP contribution in [0, 0.1) is 3.57 Å². The summed E-state index contributed by atoms with van der Waals surface area (Å²) in [5.41, 5.74) is 0.513. The molecule has 0 aliphatic carbocycles. The Kier molecular flexibility index (Phi) is 6.89. The van der Waals surface area contributed by atoms with E-state index in [9.17, 15) is 4.79 Å². The lowest BCUT2D eigenvalue weighted by molar-refractivity contribution is 0.0317. The first-order valence-electron chi connectivity index (χ1n) is 5.43. The smallest absolute Gasteiger partial charge is 0.252 e. The Morgan fingerprint density at radius 1 is 1.21 bits per heavy atom. The van der Waals surface area contributed by atoms with Crippen molar-refractivity contribution in [2.45, 2.75) is 0 Å². The van der Waals surface area contributed by atoms with Crippen LogP contribution < -0.4 is 14.8 Å². The van der Waals surface area contributed by atoms with Gasteiger partial charge in [-0.15, -0.1) is 0 Å². The molecule has 0 saturated heterocycles. The number of amides is 1. The summed E-state index contributed by atoms with van der Waals surface area (Å²) < 4.78 is 21.2. The molecule has 0 aliphatic rings. The lowest BCUT2D eigenvalue weighted by Gasteiger charge is -2.15. The van der Waals surface area contributed by atoms with Gasteiger partial charge in [0.2, 0.25) is 0 Å². The van der Waals surface area contributed by atoms with Crippen LogP contribution in [0.3, 0.4) is 0 Å². The normalized spacial score (nSPS) is 10.1. The van der Waals surface area contributed by atoms with E-state index < -0.39 is 0 Å². The average Bonchev–Trinajstić information content (AvgIpc) is 2.43. The highest BCUT2D eigenvalue weighted by Crippen LogP contribution is 2.35. The van der Waals surface area contributed by atoms with Gasteiger partial charge in [0.15, 0.2) is 25.1 Å². The molecule has 0 heterocycles. The highest BCUT2D eigenvalue weighted by atomic mass is 127. The molecular weight excluding hydrogens is 365 g/mol. The molecule has 7 heteroatoms. The minimum Gasteiger partial charge on any atom is -0.464 e. The van der Waals surface area contributed by atoms with Crippen molar-refractivity contribution >= 4 is 28.5 Å².